The molecule has 0 aliphatic carbocycles. The Morgan fingerprint density at radius 3 is 2.71 bits per heavy atom. The Morgan fingerprint density at radius 2 is 1.96 bits per heavy atom. The van der Waals surface area contributed by atoms with Crippen LogP contribution in [-0.2, 0) is 11.3 Å². The lowest BCUT2D eigenvalue weighted by atomic mass is 9.96. The molecule has 1 unspecified atom stereocenters. The monoisotopic (exact) mass is 342 g/mol. The molecule has 1 heterocycles. The summed E-state index contributed by atoms with van der Waals surface area (Å²) >= 11 is 6.26. The van der Waals surface area contributed by atoms with E-state index >= 15 is 0 Å². The van der Waals surface area contributed by atoms with Crippen molar-refractivity contribution in [2.24, 2.45) is 5.92 Å². The molecule has 3 nitrogen and oxygen atoms in total. The van der Waals surface area contributed by atoms with Gasteiger partial charge in [-0.1, -0.05) is 47.5 Å². The van der Waals surface area contributed by atoms with Crippen LogP contribution >= 0.6 is 11.6 Å². The molecule has 24 heavy (non-hydrogen) atoms. The first-order valence-corrected chi connectivity index (χ1v) is 8.83. The largest absolute Gasteiger partial charge is 0.326 e. The number of rotatable bonds is 4. The maximum Gasteiger partial charge on any atom is 0.228 e. The summed E-state index contributed by atoms with van der Waals surface area (Å²) in [6.45, 7) is 4.63. The van der Waals surface area contributed by atoms with E-state index in [1.165, 1.54) is 5.56 Å². The van der Waals surface area contributed by atoms with E-state index < -0.39 is 0 Å². The fraction of sp³-hybridized carbons (Fsp3) is 0.350. The van der Waals surface area contributed by atoms with E-state index in [0.717, 1.165) is 48.7 Å². The molecule has 2 aromatic carbocycles. The summed E-state index contributed by atoms with van der Waals surface area (Å²) in [5.74, 6) is 0.144. The molecule has 1 amide bonds. The minimum Gasteiger partial charge on any atom is -0.326 e. The van der Waals surface area contributed by atoms with Gasteiger partial charge in [-0.2, -0.15) is 0 Å². The van der Waals surface area contributed by atoms with Crippen LogP contribution in [0.5, 0.6) is 0 Å². The first kappa shape index (κ1) is 17.0. The van der Waals surface area contributed by atoms with Gasteiger partial charge in [0.15, 0.2) is 0 Å². The van der Waals surface area contributed by atoms with Crippen molar-refractivity contribution >= 4 is 23.2 Å². The van der Waals surface area contributed by atoms with Crippen molar-refractivity contribution in [2.75, 3.05) is 18.4 Å². The van der Waals surface area contributed by atoms with Crippen LogP contribution in [0.1, 0.15) is 24.0 Å². The zero-order valence-electron chi connectivity index (χ0n) is 14.0. The van der Waals surface area contributed by atoms with Crippen LogP contribution in [0.15, 0.2) is 48.5 Å². The highest BCUT2D eigenvalue weighted by Gasteiger charge is 2.26. The number of carbonyl (C=O) groups excluding carboxylic acids is 1. The van der Waals surface area contributed by atoms with Gasteiger partial charge in [-0.15, -0.1) is 0 Å². The van der Waals surface area contributed by atoms with Gasteiger partial charge in [0.2, 0.25) is 5.91 Å². The van der Waals surface area contributed by atoms with Gasteiger partial charge in [-0.25, -0.2) is 0 Å². The molecule has 0 bridgehead atoms. The van der Waals surface area contributed by atoms with Gasteiger partial charge in [-0.05, 0) is 50.1 Å². The predicted octanol–water partition coefficient (Wildman–Crippen LogP) is 4.50. The predicted molar refractivity (Wildman–Crippen MR) is 99.3 cm³/mol. The minimum atomic E-state index is 0.0301. The molecule has 4 heteroatoms. The summed E-state index contributed by atoms with van der Waals surface area (Å²) in [4.78, 5) is 14.9. The van der Waals surface area contributed by atoms with Gasteiger partial charge < -0.3 is 5.32 Å². The van der Waals surface area contributed by atoms with E-state index in [1.807, 2.05) is 49.4 Å². The number of hydrogen-bond acceptors (Lipinski definition) is 2. The van der Waals surface area contributed by atoms with E-state index in [0.29, 0.717) is 0 Å². The molecule has 1 aliphatic heterocycles. The number of hydrogen-bond donors (Lipinski definition) is 1. The molecule has 1 saturated heterocycles. The number of anilines is 1. The number of nitrogens with zero attached hydrogens (tertiary/aromatic N) is 1. The van der Waals surface area contributed by atoms with Gasteiger partial charge in [0, 0.05) is 23.8 Å². The van der Waals surface area contributed by atoms with Crippen LogP contribution in [0.25, 0.3) is 0 Å². The lowest BCUT2D eigenvalue weighted by Gasteiger charge is -2.32. The van der Waals surface area contributed by atoms with Gasteiger partial charge in [0.1, 0.15) is 0 Å². The Bertz CT molecular complexity index is 699. The Labute approximate surface area is 148 Å². The molecule has 126 valence electrons. The average molecular weight is 343 g/mol. The van der Waals surface area contributed by atoms with Gasteiger partial charge in [-0.3, -0.25) is 9.69 Å². The molecule has 0 aromatic heterocycles. The number of likely N-dealkylation sites (tertiary alicyclic amines) is 1. The molecule has 0 spiro atoms. The van der Waals surface area contributed by atoms with E-state index in [2.05, 4.69) is 16.3 Å². The second-order valence-electron chi connectivity index (χ2n) is 6.52. The standard InChI is InChI=1S/C20H23ClN2O/c1-15-8-10-18(11-9-15)22-20(24)17-6-4-12-23(14-17)13-16-5-2-3-7-19(16)21/h2-3,5,7-11,17H,4,6,12-14H2,1H3,(H,22,24). The highest BCUT2D eigenvalue weighted by atomic mass is 35.5. The lowest BCUT2D eigenvalue weighted by Crippen LogP contribution is -2.40. The van der Waals surface area contributed by atoms with Gasteiger partial charge in [0.05, 0.1) is 5.92 Å². The van der Waals surface area contributed by atoms with Crippen LogP contribution in [0.2, 0.25) is 5.02 Å². The molecule has 0 radical (unpaired) electrons. The molecule has 3 rings (SSSR count). The van der Waals surface area contributed by atoms with Crippen molar-refractivity contribution in [3.63, 3.8) is 0 Å². The number of benzene rings is 2. The minimum absolute atomic E-state index is 0.0301. The molecule has 0 saturated carbocycles. The molecule has 2 aromatic rings. The summed E-state index contributed by atoms with van der Waals surface area (Å²) in [5.41, 5.74) is 3.18. The van der Waals surface area contributed by atoms with Crippen LogP contribution in [-0.4, -0.2) is 23.9 Å². The number of halogens is 1. The van der Waals surface area contributed by atoms with Crippen molar-refractivity contribution < 1.29 is 4.79 Å². The third-order valence-corrected chi connectivity index (χ3v) is 4.92. The number of piperidine rings is 1. The summed E-state index contributed by atoms with van der Waals surface area (Å²) in [5, 5.41) is 3.84. The molecule has 1 aliphatic rings. The topological polar surface area (TPSA) is 32.3 Å². The lowest BCUT2D eigenvalue weighted by molar-refractivity contribution is -0.121. The van der Waals surface area contributed by atoms with Gasteiger partial charge in [0.25, 0.3) is 0 Å². The molecule has 1 atom stereocenters. The van der Waals surface area contributed by atoms with Crippen LogP contribution in [0.4, 0.5) is 5.69 Å². The van der Waals surface area contributed by atoms with Crippen molar-refractivity contribution in [2.45, 2.75) is 26.3 Å². The highest BCUT2D eigenvalue weighted by Crippen LogP contribution is 2.23. The van der Waals surface area contributed by atoms with E-state index in [-0.39, 0.29) is 11.8 Å². The first-order valence-electron chi connectivity index (χ1n) is 8.45. The molecular weight excluding hydrogens is 320 g/mol. The van der Waals surface area contributed by atoms with Gasteiger partial charge >= 0.3 is 0 Å². The SMILES string of the molecule is Cc1ccc(NC(=O)C2CCCN(Cc3ccccc3Cl)C2)cc1. The van der Waals surface area contributed by atoms with Crippen molar-refractivity contribution in [3.8, 4) is 0 Å². The smallest absolute Gasteiger partial charge is 0.228 e. The summed E-state index contributed by atoms with van der Waals surface area (Å²) in [6, 6.07) is 15.9. The molecular formula is C20H23ClN2O. The van der Waals surface area contributed by atoms with Crippen molar-refractivity contribution in [1.29, 1.82) is 0 Å². The number of nitrogens with one attached hydrogen (secondary N) is 1. The number of aryl methyl sites for hydroxylation is 1. The van der Waals surface area contributed by atoms with E-state index in [1.54, 1.807) is 0 Å². The quantitative estimate of drug-likeness (QED) is 0.887. The zero-order chi connectivity index (χ0) is 16.9. The Hall–Kier alpha value is -1.84. The van der Waals surface area contributed by atoms with Crippen LogP contribution in [0, 0.1) is 12.8 Å². The van der Waals surface area contributed by atoms with Crippen LogP contribution < -0.4 is 5.32 Å². The molecule has 1 N–H and O–H groups in total. The van der Waals surface area contributed by atoms with E-state index in [4.69, 9.17) is 11.6 Å². The first-order chi connectivity index (χ1) is 11.6. The highest BCUT2D eigenvalue weighted by molar-refractivity contribution is 6.31. The van der Waals surface area contributed by atoms with E-state index in [9.17, 15) is 4.79 Å². The Kier molecular flexibility index (Phi) is 5.54. The van der Waals surface area contributed by atoms with Crippen molar-refractivity contribution in [1.82, 2.24) is 4.90 Å². The third kappa shape index (κ3) is 4.37. The third-order valence-electron chi connectivity index (χ3n) is 4.55. The maximum absolute atomic E-state index is 12.6. The second-order valence-corrected chi connectivity index (χ2v) is 6.93. The number of amides is 1. The summed E-state index contributed by atoms with van der Waals surface area (Å²) in [7, 11) is 0. The fourth-order valence-corrected chi connectivity index (χ4v) is 3.36. The Balaban J connectivity index is 1.59. The average Bonchev–Trinajstić information content (AvgIpc) is 2.59. The maximum atomic E-state index is 12.6. The van der Waals surface area contributed by atoms with Crippen LogP contribution in [0.3, 0.4) is 0 Å². The van der Waals surface area contributed by atoms with Crippen molar-refractivity contribution in [3.05, 3.63) is 64.7 Å². The fourth-order valence-electron chi connectivity index (χ4n) is 3.16. The zero-order valence-corrected chi connectivity index (χ0v) is 14.7. The summed E-state index contributed by atoms with van der Waals surface area (Å²) in [6.07, 6.45) is 1.98. The normalized spacial score (nSPS) is 18.3. The Morgan fingerprint density at radius 1 is 1.21 bits per heavy atom. The number of carbonyl (C=O) groups is 1. The summed E-state index contributed by atoms with van der Waals surface area (Å²) < 4.78 is 0. The second kappa shape index (κ2) is 7.82. The molecule has 1 fully saturated rings.